The first-order valence-electron chi connectivity index (χ1n) is 11.5. The molecule has 33 heavy (non-hydrogen) atoms. The van der Waals surface area contributed by atoms with Crippen LogP contribution in [0.25, 0.3) is 0 Å². The molecule has 0 aliphatic heterocycles. The molecule has 0 fully saturated rings. The molecule has 1 amide bonds. The highest BCUT2D eigenvalue weighted by Gasteiger charge is 2.15. The molecule has 174 valence electrons. The number of hydrogen-bond donors (Lipinski definition) is 1. The van der Waals surface area contributed by atoms with Crippen LogP contribution in [-0.4, -0.2) is 19.1 Å². The van der Waals surface area contributed by atoms with Gasteiger partial charge in [0.15, 0.2) is 0 Å². The Labute approximate surface area is 197 Å². The zero-order valence-corrected chi connectivity index (χ0v) is 20.4. The van der Waals surface area contributed by atoms with Crippen molar-refractivity contribution in [1.82, 2.24) is 5.32 Å². The van der Waals surface area contributed by atoms with Gasteiger partial charge in [-0.25, -0.2) is 0 Å². The Kier molecular flexibility index (Phi) is 8.16. The number of amides is 1. The minimum absolute atomic E-state index is 0.0702. The Hall–Kier alpha value is -3.27. The largest absolute Gasteiger partial charge is 0.496 e. The number of methoxy groups -OCH3 is 1. The summed E-state index contributed by atoms with van der Waals surface area (Å²) in [6, 6.07) is 24.0. The highest BCUT2D eigenvalue weighted by Crippen LogP contribution is 2.26. The van der Waals surface area contributed by atoms with Crippen LogP contribution in [0.2, 0.25) is 0 Å². The van der Waals surface area contributed by atoms with Crippen molar-refractivity contribution in [2.75, 3.05) is 7.11 Å². The summed E-state index contributed by atoms with van der Waals surface area (Å²) < 4.78 is 11.5. The SMILES string of the molecule is COc1ccc(C(=O)N[C@@H](C)CCc2ccccc2)cc1COc1ccc(C(C)(C)C)cc1. The first kappa shape index (κ1) is 24.4. The quantitative estimate of drug-likeness (QED) is 0.419. The second-order valence-corrected chi connectivity index (χ2v) is 9.49. The summed E-state index contributed by atoms with van der Waals surface area (Å²) in [5, 5.41) is 3.10. The Morgan fingerprint density at radius 2 is 1.67 bits per heavy atom. The van der Waals surface area contributed by atoms with Crippen molar-refractivity contribution in [3.05, 3.63) is 95.1 Å². The molecule has 1 atom stereocenters. The van der Waals surface area contributed by atoms with Gasteiger partial charge in [-0.15, -0.1) is 0 Å². The maximum atomic E-state index is 12.8. The van der Waals surface area contributed by atoms with Crippen molar-refractivity contribution in [3.63, 3.8) is 0 Å². The summed E-state index contributed by atoms with van der Waals surface area (Å²) in [5.74, 6) is 1.40. The van der Waals surface area contributed by atoms with Crippen molar-refractivity contribution in [2.45, 2.75) is 58.6 Å². The summed E-state index contributed by atoms with van der Waals surface area (Å²) in [5.41, 5.74) is 4.07. The third-order valence-corrected chi connectivity index (χ3v) is 5.74. The molecule has 0 saturated carbocycles. The third kappa shape index (κ3) is 7.11. The van der Waals surface area contributed by atoms with Crippen LogP contribution in [0, 0.1) is 0 Å². The van der Waals surface area contributed by atoms with Gasteiger partial charge in [0.25, 0.3) is 5.91 Å². The lowest BCUT2D eigenvalue weighted by molar-refractivity contribution is 0.0938. The van der Waals surface area contributed by atoms with E-state index in [9.17, 15) is 4.79 Å². The molecule has 3 rings (SSSR count). The second kappa shape index (κ2) is 11.0. The van der Waals surface area contributed by atoms with Crippen LogP contribution in [0.5, 0.6) is 11.5 Å². The molecule has 0 unspecified atom stereocenters. The molecule has 0 aliphatic carbocycles. The van der Waals surface area contributed by atoms with Crippen LogP contribution in [0.1, 0.15) is 61.2 Å². The van der Waals surface area contributed by atoms with Crippen LogP contribution in [0.15, 0.2) is 72.8 Å². The van der Waals surface area contributed by atoms with E-state index in [1.807, 2.05) is 49.4 Å². The van der Waals surface area contributed by atoms with E-state index in [0.717, 1.165) is 24.2 Å². The zero-order valence-electron chi connectivity index (χ0n) is 20.4. The third-order valence-electron chi connectivity index (χ3n) is 5.74. The number of aryl methyl sites for hydroxylation is 1. The van der Waals surface area contributed by atoms with E-state index in [2.05, 4.69) is 50.4 Å². The molecule has 0 heterocycles. The van der Waals surface area contributed by atoms with Gasteiger partial charge in [0.05, 0.1) is 7.11 Å². The Morgan fingerprint density at radius 1 is 0.970 bits per heavy atom. The predicted octanol–water partition coefficient (Wildman–Crippen LogP) is 6.32. The van der Waals surface area contributed by atoms with E-state index in [1.54, 1.807) is 13.2 Å². The van der Waals surface area contributed by atoms with Crippen molar-refractivity contribution in [2.24, 2.45) is 0 Å². The van der Waals surface area contributed by atoms with Gasteiger partial charge in [0, 0.05) is 17.2 Å². The van der Waals surface area contributed by atoms with Gasteiger partial charge in [-0.1, -0.05) is 63.2 Å². The lowest BCUT2D eigenvalue weighted by Crippen LogP contribution is -2.33. The fourth-order valence-corrected chi connectivity index (χ4v) is 3.65. The maximum absolute atomic E-state index is 12.8. The standard InChI is InChI=1S/C29H35NO3/c1-21(11-12-22-9-7-6-8-10-22)30-28(31)23-13-18-27(32-5)24(19-23)20-33-26-16-14-25(15-17-26)29(2,3)4/h6-10,13-19,21H,11-12,20H2,1-5H3,(H,30,31)/t21-/m0/s1. The minimum atomic E-state index is -0.0889. The monoisotopic (exact) mass is 445 g/mol. The van der Waals surface area contributed by atoms with E-state index >= 15 is 0 Å². The summed E-state index contributed by atoms with van der Waals surface area (Å²) in [4.78, 5) is 12.8. The molecular formula is C29H35NO3. The first-order chi connectivity index (χ1) is 15.8. The number of rotatable bonds is 9. The Balaban J connectivity index is 1.61. The van der Waals surface area contributed by atoms with Gasteiger partial charge >= 0.3 is 0 Å². The Bertz CT molecular complexity index is 1040. The number of ether oxygens (including phenoxy) is 2. The van der Waals surface area contributed by atoms with Gasteiger partial charge in [-0.3, -0.25) is 4.79 Å². The molecule has 3 aromatic rings. The molecule has 0 aliphatic rings. The molecule has 0 radical (unpaired) electrons. The fourth-order valence-electron chi connectivity index (χ4n) is 3.65. The molecule has 4 heteroatoms. The Morgan fingerprint density at radius 3 is 2.30 bits per heavy atom. The van der Waals surface area contributed by atoms with Gasteiger partial charge in [-0.2, -0.15) is 0 Å². The van der Waals surface area contributed by atoms with Crippen LogP contribution >= 0.6 is 0 Å². The predicted molar refractivity (Wildman–Crippen MR) is 134 cm³/mol. The van der Waals surface area contributed by atoms with Crippen molar-refractivity contribution in [1.29, 1.82) is 0 Å². The molecular weight excluding hydrogens is 410 g/mol. The van der Waals surface area contributed by atoms with Crippen molar-refractivity contribution < 1.29 is 14.3 Å². The van der Waals surface area contributed by atoms with E-state index in [0.29, 0.717) is 17.9 Å². The van der Waals surface area contributed by atoms with Gasteiger partial charge in [0.2, 0.25) is 0 Å². The van der Waals surface area contributed by atoms with Crippen LogP contribution in [-0.2, 0) is 18.4 Å². The van der Waals surface area contributed by atoms with Crippen molar-refractivity contribution >= 4 is 5.91 Å². The average molecular weight is 446 g/mol. The molecule has 0 aromatic heterocycles. The number of nitrogens with one attached hydrogen (secondary N) is 1. The smallest absolute Gasteiger partial charge is 0.251 e. The van der Waals surface area contributed by atoms with Crippen LogP contribution < -0.4 is 14.8 Å². The highest BCUT2D eigenvalue weighted by atomic mass is 16.5. The summed E-state index contributed by atoms with van der Waals surface area (Å²) in [6.07, 6.45) is 1.81. The fraction of sp³-hybridized carbons (Fsp3) is 0.345. The highest BCUT2D eigenvalue weighted by molar-refractivity contribution is 5.94. The molecule has 3 aromatic carbocycles. The number of carbonyl (C=O) groups is 1. The maximum Gasteiger partial charge on any atom is 0.251 e. The molecule has 0 bridgehead atoms. The summed E-state index contributed by atoms with van der Waals surface area (Å²) >= 11 is 0. The van der Waals surface area contributed by atoms with E-state index in [4.69, 9.17) is 9.47 Å². The lowest BCUT2D eigenvalue weighted by atomic mass is 9.87. The van der Waals surface area contributed by atoms with Crippen molar-refractivity contribution in [3.8, 4) is 11.5 Å². The molecule has 4 nitrogen and oxygen atoms in total. The van der Waals surface area contributed by atoms with E-state index in [1.165, 1.54) is 11.1 Å². The lowest BCUT2D eigenvalue weighted by Gasteiger charge is -2.19. The second-order valence-electron chi connectivity index (χ2n) is 9.49. The number of hydrogen-bond acceptors (Lipinski definition) is 3. The van der Waals surface area contributed by atoms with E-state index in [-0.39, 0.29) is 17.4 Å². The minimum Gasteiger partial charge on any atom is -0.496 e. The van der Waals surface area contributed by atoms with Gasteiger partial charge in [-0.05, 0) is 66.6 Å². The van der Waals surface area contributed by atoms with Gasteiger partial charge < -0.3 is 14.8 Å². The van der Waals surface area contributed by atoms with E-state index < -0.39 is 0 Å². The molecule has 0 saturated heterocycles. The average Bonchev–Trinajstić information content (AvgIpc) is 2.81. The number of carbonyl (C=O) groups excluding carboxylic acids is 1. The number of benzene rings is 3. The first-order valence-corrected chi connectivity index (χ1v) is 11.5. The zero-order chi connectivity index (χ0) is 23.8. The summed E-state index contributed by atoms with van der Waals surface area (Å²) in [6.45, 7) is 8.92. The molecule has 1 N–H and O–H groups in total. The van der Waals surface area contributed by atoms with Gasteiger partial charge in [0.1, 0.15) is 18.1 Å². The normalized spacial score (nSPS) is 12.2. The summed E-state index contributed by atoms with van der Waals surface area (Å²) in [7, 11) is 1.63. The van der Waals surface area contributed by atoms with Crippen LogP contribution in [0.3, 0.4) is 0 Å². The topological polar surface area (TPSA) is 47.6 Å². The van der Waals surface area contributed by atoms with Crippen LogP contribution in [0.4, 0.5) is 0 Å². The molecule has 0 spiro atoms.